The number of hydrogen-bond acceptors (Lipinski definition) is 7. The van der Waals surface area contributed by atoms with Gasteiger partial charge in [0.2, 0.25) is 5.82 Å². The summed E-state index contributed by atoms with van der Waals surface area (Å²) in [4.78, 5) is 8.22. The predicted molar refractivity (Wildman–Crippen MR) is 68.2 cm³/mol. The molecule has 3 rings (SSSR count). The largest absolute Gasteiger partial charge is 0.497 e. The molecule has 2 heterocycles. The number of hydrogen-bond donors (Lipinski definition) is 1. The summed E-state index contributed by atoms with van der Waals surface area (Å²) in [5.41, 5.74) is 0.673. The summed E-state index contributed by atoms with van der Waals surface area (Å²) < 4.78 is 15.7. The molecule has 0 saturated carbocycles. The number of ether oxygens (including phenoxy) is 2. The van der Waals surface area contributed by atoms with E-state index in [1.165, 1.54) is 6.33 Å². The zero-order chi connectivity index (χ0) is 13.9. The molecule has 0 atom stereocenters. The third-order valence-corrected chi connectivity index (χ3v) is 2.69. The van der Waals surface area contributed by atoms with Crippen molar-refractivity contribution in [1.82, 2.24) is 25.3 Å². The van der Waals surface area contributed by atoms with Crippen LogP contribution in [0.4, 0.5) is 0 Å². The van der Waals surface area contributed by atoms with Crippen LogP contribution in [0.3, 0.4) is 0 Å². The summed E-state index contributed by atoms with van der Waals surface area (Å²) >= 11 is 0. The van der Waals surface area contributed by atoms with Crippen molar-refractivity contribution < 1.29 is 14.0 Å². The van der Waals surface area contributed by atoms with Gasteiger partial charge in [-0.1, -0.05) is 5.16 Å². The number of nitrogens with one attached hydrogen (secondary N) is 1. The van der Waals surface area contributed by atoms with Crippen LogP contribution in [0.15, 0.2) is 29.0 Å². The molecule has 0 fully saturated rings. The van der Waals surface area contributed by atoms with E-state index in [-0.39, 0.29) is 0 Å². The highest BCUT2D eigenvalue weighted by Gasteiger charge is 2.16. The molecule has 2 aromatic heterocycles. The Labute approximate surface area is 113 Å². The summed E-state index contributed by atoms with van der Waals surface area (Å²) in [6.45, 7) is 0. The van der Waals surface area contributed by atoms with Crippen molar-refractivity contribution >= 4 is 0 Å². The molecule has 0 aliphatic heterocycles. The number of aromatic nitrogens is 5. The molecule has 1 N–H and O–H groups in total. The van der Waals surface area contributed by atoms with Crippen molar-refractivity contribution in [3.8, 4) is 34.6 Å². The molecular formula is C12H11N5O3. The average molecular weight is 273 g/mol. The fourth-order valence-corrected chi connectivity index (χ4v) is 1.72. The van der Waals surface area contributed by atoms with E-state index in [4.69, 9.17) is 14.0 Å². The van der Waals surface area contributed by atoms with E-state index < -0.39 is 0 Å². The molecule has 0 bridgehead atoms. The highest BCUT2D eigenvalue weighted by atomic mass is 16.5. The van der Waals surface area contributed by atoms with Crippen molar-refractivity contribution in [3.63, 3.8) is 0 Å². The maximum atomic E-state index is 5.30. The molecular weight excluding hydrogens is 262 g/mol. The van der Waals surface area contributed by atoms with Crippen LogP contribution in [0.25, 0.3) is 23.1 Å². The van der Waals surface area contributed by atoms with E-state index >= 15 is 0 Å². The average Bonchev–Trinajstić information content (AvgIpc) is 3.17. The van der Waals surface area contributed by atoms with Gasteiger partial charge in [-0.3, -0.25) is 5.10 Å². The third kappa shape index (κ3) is 2.07. The van der Waals surface area contributed by atoms with E-state index in [0.717, 1.165) is 0 Å². The minimum Gasteiger partial charge on any atom is -0.497 e. The van der Waals surface area contributed by atoms with Crippen LogP contribution in [-0.4, -0.2) is 39.5 Å². The molecule has 0 amide bonds. The van der Waals surface area contributed by atoms with E-state index in [2.05, 4.69) is 25.3 Å². The Bertz CT molecular complexity index is 708. The molecule has 0 aliphatic carbocycles. The lowest BCUT2D eigenvalue weighted by Gasteiger charge is -2.06. The highest BCUT2D eigenvalue weighted by molar-refractivity contribution is 5.65. The van der Waals surface area contributed by atoms with Crippen LogP contribution < -0.4 is 9.47 Å². The van der Waals surface area contributed by atoms with Crippen LogP contribution in [0.1, 0.15) is 0 Å². The van der Waals surface area contributed by atoms with Crippen molar-refractivity contribution in [1.29, 1.82) is 0 Å². The second kappa shape index (κ2) is 5.00. The molecule has 0 radical (unpaired) electrons. The molecule has 0 unspecified atom stereocenters. The fraction of sp³-hybridized carbons (Fsp3) is 0.167. The van der Waals surface area contributed by atoms with E-state index in [0.29, 0.717) is 34.6 Å². The van der Waals surface area contributed by atoms with Crippen molar-refractivity contribution in [2.75, 3.05) is 14.2 Å². The fourth-order valence-electron chi connectivity index (χ4n) is 1.72. The lowest BCUT2D eigenvalue weighted by molar-refractivity contribution is 0.391. The van der Waals surface area contributed by atoms with Gasteiger partial charge in [0.05, 0.1) is 19.8 Å². The minimum atomic E-state index is 0.329. The number of methoxy groups -OCH3 is 2. The Morgan fingerprint density at radius 1 is 1.20 bits per heavy atom. The number of aromatic amines is 1. The molecule has 8 nitrogen and oxygen atoms in total. The smallest absolute Gasteiger partial charge is 0.262 e. The molecule has 0 saturated heterocycles. The van der Waals surface area contributed by atoms with Gasteiger partial charge in [0.15, 0.2) is 5.82 Å². The van der Waals surface area contributed by atoms with E-state index in [9.17, 15) is 0 Å². The lowest BCUT2D eigenvalue weighted by atomic mass is 10.2. The molecule has 1 aromatic carbocycles. The van der Waals surface area contributed by atoms with Crippen molar-refractivity contribution in [2.24, 2.45) is 0 Å². The molecule has 8 heteroatoms. The SMILES string of the molecule is COc1ccc(-c2nc(-c3ncn[nH]3)no2)c(OC)c1. The molecule has 20 heavy (non-hydrogen) atoms. The van der Waals surface area contributed by atoms with Crippen LogP contribution in [-0.2, 0) is 0 Å². The second-order valence-electron chi connectivity index (χ2n) is 3.82. The second-order valence-corrected chi connectivity index (χ2v) is 3.82. The highest BCUT2D eigenvalue weighted by Crippen LogP contribution is 2.32. The quantitative estimate of drug-likeness (QED) is 0.769. The van der Waals surface area contributed by atoms with Crippen LogP contribution >= 0.6 is 0 Å². The summed E-state index contributed by atoms with van der Waals surface area (Å²) in [5, 5.41) is 10.3. The summed E-state index contributed by atoms with van der Waals surface area (Å²) in [6.07, 6.45) is 1.37. The van der Waals surface area contributed by atoms with Crippen molar-refractivity contribution in [2.45, 2.75) is 0 Å². The molecule has 0 spiro atoms. The van der Waals surface area contributed by atoms with Gasteiger partial charge >= 0.3 is 0 Å². The summed E-state index contributed by atoms with van der Waals surface area (Å²) in [5.74, 6) is 2.36. The van der Waals surface area contributed by atoms with Crippen LogP contribution in [0.2, 0.25) is 0 Å². The third-order valence-electron chi connectivity index (χ3n) is 2.69. The maximum Gasteiger partial charge on any atom is 0.262 e. The van der Waals surface area contributed by atoms with Gasteiger partial charge in [0.1, 0.15) is 17.8 Å². The minimum absolute atomic E-state index is 0.329. The zero-order valence-electron chi connectivity index (χ0n) is 10.8. The van der Waals surface area contributed by atoms with Gasteiger partial charge in [0, 0.05) is 6.07 Å². The number of rotatable bonds is 4. The molecule has 0 aliphatic rings. The van der Waals surface area contributed by atoms with Gasteiger partial charge < -0.3 is 14.0 Å². The Kier molecular flexibility index (Phi) is 3.04. The summed E-state index contributed by atoms with van der Waals surface area (Å²) in [7, 11) is 3.15. The van der Waals surface area contributed by atoms with Crippen LogP contribution in [0.5, 0.6) is 11.5 Å². The standard InChI is InChI=1S/C12H11N5O3/c1-18-7-3-4-8(9(5-7)19-2)12-15-11(17-20-12)10-13-6-14-16-10/h3-6H,1-2H3,(H,13,14,16). The maximum absolute atomic E-state index is 5.30. The Hall–Kier alpha value is -2.90. The predicted octanol–water partition coefficient (Wildman–Crippen LogP) is 1.54. The van der Waals surface area contributed by atoms with E-state index in [1.807, 2.05) is 0 Å². The normalized spacial score (nSPS) is 10.5. The number of nitrogens with zero attached hydrogens (tertiary/aromatic N) is 4. The lowest BCUT2D eigenvalue weighted by Crippen LogP contribution is -1.90. The van der Waals surface area contributed by atoms with Gasteiger partial charge in [-0.2, -0.15) is 10.1 Å². The van der Waals surface area contributed by atoms with Crippen molar-refractivity contribution in [3.05, 3.63) is 24.5 Å². The monoisotopic (exact) mass is 273 g/mol. The van der Waals surface area contributed by atoms with E-state index in [1.54, 1.807) is 32.4 Å². The topological polar surface area (TPSA) is 99.0 Å². The van der Waals surface area contributed by atoms with Gasteiger partial charge in [-0.15, -0.1) is 0 Å². The first-order valence-corrected chi connectivity index (χ1v) is 5.73. The van der Waals surface area contributed by atoms with Crippen LogP contribution in [0, 0.1) is 0 Å². The zero-order valence-corrected chi connectivity index (χ0v) is 10.8. The number of benzene rings is 1. The molecule has 102 valence electrons. The Morgan fingerprint density at radius 3 is 2.80 bits per heavy atom. The Balaban J connectivity index is 2.01. The van der Waals surface area contributed by atoms with Gasteiger partial charge in [0.25, 0.3) is 5.89 Å². The first-order chi connectivity index (χ1) is 9.81. The summed E-state index contributed by atoms with van der Waals surface area (Å²) in [6, 6.07) is 5.32. The van der Waals surface area contributed by atoms with Gasteiger partial charge in [-0.25, -0.2) is 4.98 Å². The van der Waals surface area contributed by atoms with Gasteiger partial charge in [-0.05, 0) is 12.1 Å². The Morgan fingerprint density at radius 2 is 2.10 bits per heavy atom. The molecule has 3 aromatic rings. The first kappa shape index (κ1) is 12.2. The first-order valence-electron chi connectivity index (χ1n) is 5.73. The number of H-pyrrole nitrogens is 1.